The van der Waals surface area contributed by atoms with Gasteiger partial charge in [-0.15, -0.1) is 11.6 Å². The molecule has 0 bridgehead atoms. The van der Waals surface area contributed by atoms with Crippen LogP contribution in [-0.2, 0) is 14.3 Å². The molecule has 0 aliphatic carbocycles. The lowest BCUT2D eigenvalue weighted by atomic mass is 10.2. The Morgan fingerprint density at radius 3 is 2.55 bits per heavy atom. The zero-order chi connectivity index (χ0) is 15.0. The molecule has 1 rings (SSSR count). The van der Waals surface area contributed by atoms with Crippen molar-refractivity contribution in [3.63, 3.8) is 0 Å². The van der Waals surface area contributed by atoms with Crippen LogP contribution in [0, 0.1) is 0 Å². The second kappa shape index (κ2) is 8.16. The maximum absolute atomic E-state index is 11.7. The van der Waals surface area contributed by atoms with Gasteiger partial charge < -0.3 is 15.4 Å². The number of carbonyl (C=O) groups is 3. The van der Waals surface area contributed by atoms with E-state index in [4.69, 9.17) is 11.6 Å². The number of esters is 1. The third-order valence-corrected chi connectivity index (χ3v) is 2.65. The second-order valence-electron chi connectivity index (χ2n) is 3.79. The van der Waals surface area contributed by atoms with Gasteiger partial charge in [0.1, 0.15) is 0 Å². The molecule has 0 aliphatic heterocycles. The average molecular weight is 299 g/mol. The minimum Gasteiger partial charge on any atom is -0.465 e. The van der Waals surface area contributed by atoms with E-state index < -0.39 is 17.8 Å². The average Bonchev–Trinajstić information content (AvgIpc) is 2.47. The van der Waals surface area contributed by atoms with Crippen LogP contribution in [0.25, 0.3) is 0 Å². The number of alkyl halides is 1. The van der Waals surface area contributed by atoms with Crippen LogP contribution >= 0.6 is 11.6 Å². The SMILES string of the molecule is COC(=O)c1ccccc1NC(=O)C(=O)NCCCCl. The van der Waals surface area contributed by atoms with Crippen LogP contribution in [-0.4, -0.2) is 37.3 Å². The van der Waals surface area contributed by atoms with E-state index in [1.807, 2.05) is 0 Å². The Labute approximate surface area is 121 Å². The number of halogens is 1. The van der Waals surface area contributed by atoms with Crippen LogP contribution in [0.3, 0.4) is 0 Å². The molecule has 0 saturated carbocycles. The number of ether oxygens (including phenoxy) is 1. The van der Waals surface area contributed by atoms with E-state index in [0.717, 1.165) is 0 Å². The Hall–Kier alpha value is -2.08. The summed E-state index contributed by atoms with van der Waals surface area (Å²) in [5.74, 6) is -1.83. The van der Waals surface area contributed by atoms with Crippen LogP contribution in [0.1, 0.15) is 16.8 Å². The van der Waals surface area contributed by atoms with Crippen LogP contribution in [0.4, 0.5) is 5.69 Å². The smallest absolute Gasteiger partial charge is 0.339 e. The number of hydrogen-bond acceptors (Lipinski definition) is 4. The lowest BCUT2D eigenvalue weighted by Gasteiger charge is -2.09. The Morgan fingerprint density at radius 1 is 1.20 bits per heavy atom. The molecular weight excluding hydrogens is 284 g/mol. The molecule has 0 radical (unpaired) electrons. The van der Waals surface area contributed by atoms with Gasteiger partial charge in [-0.25, -0.2) is 4.79 Å². The van der Waals surface area contributed by atoms with Crippen molar-refractivity contribution >= 4 is 35.1 Å². The molecule has 6 nitrogen and oxygen atoms in total. The van der Waals surface area contributed by atoms with Crippen LogP contribution in [0.5, 0.6) is 0 Å². The zero-order valence-corrected chi connectivity index (χ0v) is 11.7. The topological polar surface area (TPSA) is 84.5 Å². The Morgan fingerprint density at radius 2 is 1.90 bits per heavy atom. The van der Waals surface area contributed by atoms with Gasteiger partial charge in [-0.05, 0) is 18.6 Å². The first-order valence-corrected chi connectivity index (χ1v) is 6.46. The first-order valence-electron chi connectivity index (χ1n) is 5.92. The molecule has 0 atom stereocenters. The van der Waals surface area contributed by atoms with Crippen LogP contribution in [0.2, 0.25) is 0 Å². The number of para-hydroxylation sites is 1. The van der Waals surface area contributed by atoms with Gasteiger partial charge in [0.25, 0.3) is 0 Å². The quantitative estimate of drug-likeness (QED) is 0.370. The molecule has 0 saturated heterocycles. The number of nitrogens with one attached hydrogen (secondary N) is 2. The highest BCUT2D eigenvalue weighted by Crippen LogP contribution is 2.15. The van der Waals surface area contributed by atoms with Gasteiger partial charge in [0, 0.05) is 12.4 Å². The van der Waals surface area contributed by atoms with Crippen molar-refractivity contribution in [2.45, 2.75) is 6.42 Å². The van der Waals surface area contributed by atoms with Crippen LogP contribution in [0.15, 0.2) is 24.3 Å². The standard InChI is InChI=1S/C13H15ClN2O4/c1-20-13(19)9-5-2-3-6-10(9)16-12(18)11(17)15-8-4-7-14/h2-3,5-6H,4,7-8H2,1H3,(H,15,17)(H,16,18). The summed E-state index contributed by atoms with van der Waals surface area (Å²) in [6.07, 6.45) is 0.569. The third-order valence-electron chi connectivity index (χ3n) is 2.38. The van der Waals surface area contributed by atoms with Crippen molar-refractivity contribution in [3.8, 4) is 0 Å². The number of amides is 2. The molecule has 0 unspecified atom stereocenters. The normalized spacial score (nSPS) is 9.70. The van der Waals surface area contributed by atoms with E-state index in [1.165, 1.54) is 19.2 Å². The monoisotopic (exact) mass is 298 g/mol. The van der Waals surface area contributed by atoms with Crippen molar-refractivity contribution in [3.05, 3.63) is 29.8 Å². The lowest BCUT2D eigenvalue weighted by Crippen LogP contribution is -2.36. The fraction of sp³-hybridized carbons (Fsp3) is 0.308. The molecule has 0 spiro atoms. The van der Waals surface area contributed by atoms with E-state index in [2.05, 4.69) is 15.4 Å². The van der Waals surface area contributed by atoms with Crippen molar-refractivity contribution < 1.29 is 19.1 Å². The molecule has 0 fully saturated rings. The minimum absolute atomic E-state index is 0.178. The Kier molecular flexibility index (Phi) is 6.52. The van der Waals surface area contributed by atoms with Crippen molar-refractivity contribution in [2.75, 3.05) is 24.9 Å². The highest BCUT2D eigenvalue weighted by Gasteiger charge is 2.17. The molecule has 0 aliphatic rings. The van der Waals surface area contributed by atoms with Gasteiger partial charge in [-0.3, -0.25) is 9.59 Å². The highest BCUT2D eigenvalue weighted by molar-refractivity contribution is 6.40. The van der Waals surface area contributed by atoms with E-state index in [0.29, 0.717) is 18.8 Å². The summed E-state index contributed by atoms with van der Waals surface area (Å²) >= 11 is 5.46. The Bertz CT molecular complexity index is 505. The summed E-state index contributed by atoms with van der Waals surface area (Å²) in [5, 5.41) is 4.78. The molecule has 2 amide bonds. The number of methoxy groups -OCH3 is 1. The number of rotatable bonds is 5. The fourth-order valence-electron chi connectivity index (χ4n) is 1.41. The predicted octanol–water partition coefficient (Wildman–Crippen LogP) is 1.16. The third kappa shape index (κ3) is 4.55. The largest absolute Gasteiger partial charge is 0.465 e. The maximum Gasteiger partial charge on any atom is 0.339 e. The summed E-state index contributed by atoms with van der Waals surface area (Å²) in [6, 6.07) is 6.26. The Balaban J connectivity index is 2.71. The molecule has 2 N–H and O–H groups in total. The number of carbonyl (C=O) groups excluding carboxylic acids is 3. The number of anilines is 1. The summed E-state index contributed by atoms with van der Waals surface area (Å²) in [4.78, 5) is 34.7. The predicted molar refractivity (Wildman–Crippen MR) is 74.8 cm³/mol. The van der Waals surface area contributed by atoms with Gasteiger partial charge >= 0.3 is 17.8 Å². The summed E-state index contributed by atoms with van der Waals surface area (Å²) in [5.41, 5.74) is 0.397. The van der Waals surface area contributed by atoms with Gasteiger partial charge in [-0.1, -0.05) is 12.1 Å². The molecule has 7 heteroatoms. The highest BCUT2D eigenvalue weighted by atomic mass is 35.5. The molecule has 108 valence electrons. The molecule has 0 aromatic heterocycles. The van der Waals surface area contributed by atoms with E-state index in [-0.39, 0.29) is 11.3 Å². The number of benzene rings is 1. The molecular formula is C13H15ClN2O4. The second-order valence-corrected chi connectivity index (χ2v) is 4.17. The van der Waals surface area contributed by atoms with E-state index in [9.17, 15) is 14.4 Å². The van der Waals surface area contributed by atoms with Gasteiger partial charge in [0.15, 0.2) is 0 Å². The molecule has 1 aromatic rings. The summed E-state index contributed by atoms with van der Waals surface area (Å²) in [7, 11) is 1.24. The van der Waals surface area contributed by atoms with E-state index >= 15 is 0 Å². The zero-order valence-electron chi connectivity index (χ0n) is 10.9. The molecule has 20 heavy (non-hydrogen) atoms. The van der Waals surface area contributed by atoms with Crippen molar-refractivity contribution in [2.24, 2.45) is 0 Å². The first-order chi connectivity index (χ1) is 9.60. The van der Waals surface area contributed by atoms with Crippen molar-refractivity contribution in [1.29, 1.82) is 0 Å². The van der Waals surface area contributed by atoms with Crippen molar-refractivity contribution in [1.82, 2.24) is 5.32 Å². The van der Waals surface area contributed by atoms with Gasteiger partial charge in [0.2, 0.25) is 0 Å². The first kappa shape index (κ1) is 16.0. The summed E-state index contributed by atoms with van der Waals surface area (Å²) < 4.78 is 4.59. The lowest BCUT2D eigenvalue weighted by molar-refractivity contribution is -0.136. The minimum atomic E-state index is -0.851. The van der Waals surface area contributed by atoms with Crippen LogP contribution < -0.4 is 10.6 Å². The van der Waals surface area contributed by atoms with E-state index in [1.54, 1.807) is 12.1 Å². The summed E-state index contributed by atoms with van der Waals surface area (Å²) in [6.45, 7) is 0.314. The molecule has 0 heterocycles. The fourth-order valence-corrected chi connectivity index (χ4v) is 1.54. The maximum atomic E-state index is 11.7. The number of hydrogen-bond donors (Lipinski definition) is 2. The molecule has 1 aromatic carbocycles. The van der Waals surface area contributed by atoms with Gasteiger partial charge in [-0.2, -0.15) is 0 Å². The van der Waals surface area contributed by atoms with Gasteiger partial charge in [0.05, 0.1) is 18.4 Å².